The summed E-state index contributed by atoms with van der Waals surface area (Å²) in [5.74, 6) is -0.532. The number of sulfone groups is 1. The number of anilines is 1. The Bertz CT molecular complexity index is 1150. The fourth-order valence-corrected chi connectivity index (χ4v) is 3.93. The Kier molecular flexibility index (Phi) is 4.46. The van der Waals surface area contributed by atoms with Gasteiger partial charge < -0.3 is 0 Å². The molecule has 1 aromatic heterocycles. The van der Waals surface area contributed by atoms with E-state index in [0.29, 0.717) is 15.8 Å². The lowest BCUT2D eigenvalue weighted by atomic mass is 10.1. The first-order valence-electron chi connectivity index (χ1n) is 7.32. The van der Waals surface area contributed by atoms with E-state index < -0.39 is 20.7 Å². The van der Waals surface area contributed by atoms with Gasteiger partial charge in [-0.3, -0.25) is 20.2 Å². The molecular weight excluding hydrogens is 378 g/mol. The highest BCUT2D eigenvalue weighted by atomic mass is 32.2. The van der Waals surface area contributed by atoms with Crippen molar-refractivity contribution in [3.05, 3.63) is 57.6 Å². The second kappa shape index (κ2) is 6.46. The van der Waals surface area contributed by atoms with Crippen molar-refractivity contribution in [1.82, 2.24) is 4.98 Å². The van der Waals surface area contributed by atoms with E-state index in [9.17, 15) is 23.3 Å². The molecule has 0 spiro atoms. The number of carbonyl (C=O) groups excluding carboxylic acids is 1. The third-order valence-electron chi connectivity index (χ3n) is 3.68. The van der Waals surface area contributed by atoms with Gasteiger partial charge in [-0.2, -0.15) is 0 Å². The van der Waals surface area contributed by atoms with Crippen LogP contribution in [0.1, 0.15) is 15.9 Å². The second-order valence-electron chi connectivity index (χ2n) is 5.63. The smallest absolute Gasteiger partial charge is 0.273 e. The third kappa shape index (κ3) is 3.55. The molecule has 1 N–H and O–H groups in total. The minimum Gasteiger partial charge on any atom is -0.298 e. The lowest BCUT2D eigenvalue weighted by Gasteiger charge is -2.03. The number of nitrogens with zero attached hydrogens (tertiary/aromatic N) is 2. The van der Waals surface area contributed by atoms with Crippen LogP contribution < -0.4 is 5.32 Å². The molecule has 0 radical (unpaired) electrons. The summed E-state index contributed by atoms with van der Waals surface area (Å²) in [6, 6.07) is 8.71. The predicted molar refractivity (Wildman–Crippen MR) is 98.5 cm³/mol. The van der Waals surface area contributed by atoms with Crippen LogP contribution in [0.15, 0.2) is 41.3 Å². The number of nitro groups is 1. The molecule has 1 heterocycles. The second-order valence-corrected chi connectivity index (χ2v) is 8.68. The third-order valence-corrected chi connectivity index (χ3v) is 5.72. The minimum atomic E-state index is -3.34. The van der Waals surface area contributed by atoms with E-state index in [4.69, 9.17) is 0 Å². The first kappa shape index (κ1) is 18.0. The largest absolute Gasteiger partial charge is 0.298 e. The maximum Gasteiger partial charge on any atom is 0.273 e. The van der Waals surface area contributed by atoms with Gasteiger partial charge in [-0.1, -0.05) is 17.4 Å². The van der Waals surface area contributed by atoms with Crippen molar-refractivity contribution in [2.75, 3.05) is 11.6 Å². The van der Waals surface area contributed by atoms with E-state index >= 15 is 0 Å². The number of aromatic nitrogens is 1. The zero-order valence-corrected chi connectivity index (χ0v) is 15.3. The Labute approximate surface area is 152 Å². The van der Waals surface area contributed by atoms with Gasteiger partial charge in [0.25, 0.3) is 11.6 Å². The lowest BCUT2D eigenvalue weighted by molar-refractivity contribution is -0.385. The molecule has 0 aliphatic carbocycles. The number of thiazole rings is 1. The molecule has 0 fully saturated rings. The minimum absolute atomic E-state index is 0.137. The molecule has 1 amide bonds. The Balaban J connectivity index is 1.90. The number of aryl methyl sites for hydroxylation is 1. The van der Waals surface area contributed by atoms with Crippen LogP contribution in [0.5, 0.6) is 0 Å². The van der Waals surface area contributed by atoms with E-state index in [0.717, 1.165) is 17.6 Å². The Hall–Kier alpha value is -2.85. The van der Waals surface area contributed by atoms with Crippen molar-refractivity contribution in [1.29, 1.82) is 0 Å². The first-order valence-corrected chi connectivity index (χ1v) is 10.0. The molecule has 0 saturated heterocycles. The number of amides is 1. The number of nitro benzene ring substituents is 1. The summed E-state index contributed by atoms with van der Waals surface area (Å²) in [4.78, 5) is 27.2. The summed E-state index contributed by atoms with van der Waals surface area (Å²) in [7, 11) is -3.34. The van der Waals surface area contributed by atoms with Crippen molar-refractivity contribution in [3.63, 3.8) is 0 Å². The van der Waals surface area contributed by atoms with Gasteiger partial charge in [0.1, 0.15) is 0 Å². The van der Waals surface area contributed by atoms with E-state index in [-0.39, 0.29) is 21.3 Å². The monoisotopic (exact) mass is 391 g/mol. The van der Waals surface area contributed by atoms with Crippen LogP contribution in [0, 0.1) is 17.0 Å². The van der Waals surface area contributed by atoms with Gasteiger partial charge in [0, 0.05) is 23.4 Å². The summed E-state index contributed by atoms with van der Waals surface area (Å²) in [6.07, 6.45) is 1.11. The van der Waals surface area contributed by atoms with Crippen LogP contribution >= 0.6 is 11.3 Å². The van der Waals surface area contributed by atoms with Gasteiger partial charge in [-0.25, -0.2) is 13.4 Å². The van der Waals surface area contributed by atoms with E-state index in [2.05, 4.69) is 10.3 Å². The van der Waals surface area contributed by atoms with Crippen LogP contribution in [0.25, 0.3) is 10.2 Å². The van der Waals surface area contributed by atoms with Crippen LogP contribution in [0.3, 0.4) is 0 Å². The normalized spacial score (nSPS) is 11.5. The maximum absolute atomic E-state index is 12.3. The first-order chi connectivity index (χ1) is 12.1. The number of carbonyl (C=O) groups is 1. The van der Waals surface area contributed by atoms with Gasteiger partial charge in [0.05, 0.1) is 20.0 Å². The van der Waals surface area contributed by atoms with Crippen LogP contribution in [-0.2, 0) is 9.84 Å². The summed E-state index contributed by atoms with van der Waals surface area (Å²) >= 11 is 1.12. The molecule has 0 bridgehead atoms. The van der Waals surface area contributed by atoms with Crippen molar-refractivity contribution < 1.29 is 18.1 Å². The summed E-state index contributed by atoms with van der Waals surface area (Å²) in [5.41, 5.74) is 1.01. The quantitative estimate of drug-likeness (QED) is 0.539. The zero-order chi connectivity index (χ0) is 19.1. The van der Waals surface area contributed by atoms with Crippen LogP contribution in [-0.4, -0.2) is 30.5 Å². The molecule has 0 aliphatic rings. The SMILES string of the molecule is Cc1ccc(C(=O)Nc2nc3ccc(S(C)(=O)=O)cc3s2)cc1[N+](=O)[O-]. The highest BCUT2D eigenvalue weighted by Gasteiger charge is 2.17. The maximum atomic E-state index is 12.3. The fraction of sp³-hybridized carbons (Fsp3) is 0.125. The van der Waals surface area contributed by atoms with Gasteiger partial charge in [-0.05, 0) is 31.2 Å². The fourth-order valence-electron chi connectivity index (χ4n) is 2.31. The number of benzene rings is 2. The number of fused-ring (bicyclic) bond motifs is 1. The predicted octanol–water partition coefficient (Wildman–Crippen LogP) is 3.17. The molecule has 0 atom stereocenters. The highest BCUT2D eigenvalue weighted by Crippen LogP contribution is 2.29. The summed E-state index contributed by atoms with van der Waals surface area (Å²) in [6.45, 7) is 1.59. The summed E-state index contributed by atoms with van der Waals surface area (Å²) < 4.78 is 23.8. The average molecular weight is 391 g/mol. The molecule has 3 aromatic rings. The van der Waals surface area contributed by atoms with Crippen molar-refractivity contribution >= 4 is 48.1 Å². The van der Waals surface area contributed by atoms with Crippen molar-refractivity contribution in [2.24, 2.45) is 0 Å². The molecule has 3 rings (SSSR count). The number of nitrogens with one attached hydrogen (secondary N) is 1. The van der Waals surface area contributed by atoms with Gasteiger partial charge >= 0.3 is 0 Å². The molecule has 2 aromatic carbocycles. The van der Waals surface area contributed by atoms with Crippen LogP contribution in [0.2, 0.25) is 0 Å². The Morgan fingerprint density at radius 3 is 2.62 bits per heavy atom. The topological polar surface area (TPSA) is 119 Å². The Morgan fingerprint density at radius 1 is 1.23 bits per heavy atom. The van der Waals surface area contributed by atoms with E-state index in [1.54, 1.807) is 13.0 Å². The Morgan fingerprint density at radius 2 is 1.96 bits per heavy atom. The highest BCUT2D eigenvalue weighted by molar-refractivity contribution is 7.90. The number of rotatable bonds is 4. The molecular formula is C16H13N3O5S2. The van der Waals surface area contributed by atoms with E-state index in [1.165, 1.54) is 30.3 Å². The van der Waals surface area contributed by atoms with Crippen LogP contribution in [0.4, 0.5) is 10.8 Å². The van der Waals surface area contributed by atoms with Crippen molar-refractivity contribution in [2.45, 2.75) is 11.8 Å². The lowest BCUT2D eigenvalue weighted by Crippen LogP contribution is -2.12. The summed E-state index contributed by atoms with van der Waals surface area (Å²) in [5, 5.41) is 13.9. The number of hydrogen-bond acceptors (Lipinski definition) is 7. The average Bonchev–Trinajstić information content (AvgIpc) is 2.95. The molecule has 10 heteroatoms. The zero-order valence-electron chi connectivity index (χ0n) is 13.7. The molecule has 8 nitrogen and oxygen atoms in total. The molecule has 0 saturated carbocycles. The van der Waals surface area contributed by atoms with Gasteiger partial charge in [0.15, 0.2) is 15.0 Å². The molecule has 134 valence electrons. The van der Waals surface area contributed by atoms with E-state index in [1.807, 2.05) is 0 Å². The van der Waals surface area contributed by atoms with Gasteiger partial charge in [-0.15, -0.1) is 0 Å². The molecule has 0 unspecified atom stereocenters. The molecule has 26 heavy (non-hydrogen) atoms. The number of hydrogen-bond donors (Lipinski definition) is 1. The van der Waals surface area contributed by atoms with Crippen molar-refractivity contribution in [3.8, 4) is 0 Å². The standard InChI is InChI=1S/C16H13N3O5S2/c1-9-3-4-10(7-13(9)19(21)22)15(20)18-16-17-12-6-5-11(26(2,23)24)8-14(12)25-16/h3-8H,1-2H3,(H,17,18,20). The molecule has 0 aliphatic heterocycles. The van der Waals surface area contributed by atoms with Gasteiger partial charge in [0.2, 0.25) is 0 Å².